The monoisotopic (exact) mass is 224 g/mol. The predicted molar refractivity (Wildman–Crippen MR) is 56.0 cm³/mol. The van der Waals surface area contributed by atoms with Crippen molar-refractivity contribution in [2.75, 3.05) is 6.54 Å². The van der Waals surface area contributed by atoms with Gasteiger partial charge in [0.1, 0.15) is 12.3 Å². The molecule has 0 spiro atoms. The van der Waals surface area contributed by atoms with Crippen LogP contribution in [0.3, 0.4) is 0 Å². The molecule has 16 heavy (non-hydrogen) atoms. The van der Waals surface area contributed by atoms with E-state index in [1.54, 1.807) is 12.1 Å². The molecule has 4 N–H and O–H groups in total. The van der Waals surface area contributed by atoms with Gasteiger partial charge in [-0.3, -0.25) is 4.79 Å². The molecule has 0 bridgehead atoms. The summed E-state index contributed by atoms with van der Waals surface area (Å²) in [6.07, 6.45) is 0. The molecular formula is C10H12N2O4. The first kappa shape index (κ1) is 11.8. The summed E-state index contributed by atoms with van der Waals surface area (Å²) in [7, 11) is 0. The number of carbonyl (C=O) groups excluding carboxylic acids is 1. The number of rotatable bonds is 4. The summed E-state index contributed by atoms with van der Waals surface area (Å²) in [4.78, 5) is 21.2. The van der Waals surface area contributed by atoms with Gasteiger partial charge in [-0.05, 0) is 17.7 Å². The van der Waals surface area contributed by atoms with Gasteiger partial charge in [0, 0.05) is 6.54 Å². The van der Waals surface area contributed by atoms with Gasteiger partial charge in [-0.2, -0.15) is 0 Å². The molecule has 0 saturated heterocycles. The topological polar surface area (TPSA) is 98.7 Å². The number of carboxylic acids is 1. The van der Waals surface area contributed by atoms with E-state index in [4.69, 9.17) is 10.2 Å². The Bertz CT molecular complexity index is 375. The van der Waals surface area contributed by atoms with Crippen LogP contribution in [0.15, 0.2) is 24.3 Å². The van der Waals surface area contributed by atoms with E-state index in [2.05, 4.69) is 10.6 Å². The molecule has 1 rings (SSSR count). The number of carbonyl (C=O) groups is 2. The highest BCUT2D eigenvalue weighted by atomic mass is 16.4. The van der Waals surface area contributed by atoms with Gasteiger partial charge >= 0.3 is 12.0 Å². The fraction of sp³-hybridized carbons (Fsp3) is 0.200. The smallest absolute Gasteiger partial charge is 0.323 e. The van der Waals surface area contributed by atoms with E-state index in [-0.39, 0.29) is 12.3 Å². The van der Waals surface area contributed by atoms with E-state index in [1.807, 2.05) is 0 Å². The Hall–Kier alpha value is -2.24. The quantitative estimate of drug-likeness (QED) is 0.590. The number of hydrogen-bond acceptors (Lipinski definition) is 3. The molecule has 1 aromatic rings. The van der Waals surface area contributed by atoms with Crippen molar-refractivity contribution >= 4 is 12.0 Å². The minimum atomic E-state index is -1.10. The number of phenolic OH excluding ortho intramolecular Hbond substituents is 1. The van der Waals surface area contributed by atoms with Crippen LogP contribution in [0.2, 0.25) is 0 Å². The lowest BCUT2D eigenvalue weighted by Crippen LogP contribution is -2.37. The van der Waals surface area contributed by atoms with Crippen molar-refractivity contribution in [2.45, 2.75) is 6.54 Å². The zero-order valence-electron chi connectivity index (χ0n) is 8.43. The van der Waals surface area contributed by atoms with Crippen molar-refractivity contribution in [3.63, 3.8) is 0 Å². The van der Waals surface area contributed by atoms with Gasteiger partial charge in [0.25, 0.3) is 0 Å². The van der Waals surface area contributed by atoms with Crippen LogP contribution in [0.4, 0.5) is 4.79 Å². The third-order valence-electron chi connectivity index (χ3n) is 1.79. The minimum absolute atomic E-state index is 0.152. The lowest BCUT2D eigenvalue weighted by Gasteiger charge is -2.05. The van der Waals surface area contributed by atoms with Crippen molar-refractivity contribution in [3.8, 4) is 5.75 Å². The van der Waals surface area contributed by atoms with Crippen LogP contribution in [0.1, 0.15) is 5.56 Å². The number of nitrogens with one attached hydrogen (secondary N) is 2. The normalized spacial score (nSPS) is 9.50. The summed E-state index contributed by atoms with van der Waals surface area (Å²) in [5.41, 5.74) is 0.809. The Morgan fingerprint density at radius 1 is 1.12 bits per heavy atom. The number of carboxylic acid groups (broad SMARTS) is 1. The van der Waals surface area contributed by atoms with Crippen molar-refractivity contribution in [2.24, 2.45) is 0 Å². The Labute approximate surface area is 91.9 Å². The molecule has 6 nitrogen and oxygen atoms in total. The number of hydrogen-bond donors (Lipinski definition) is 4. The van der Waals surface area contributed by atoms with Crippen LogP contribution in [0.5, 0.6) is 5.75 Å². The van der Waals surface area contributed by atoms with Gasteiger partial charge in [0.2, 0.25) is 0 Å². The summed E-state index contributed by atoms with van der Waals surface area (Å²) < 4.78 is 0. The first-order valence-electron chi connectivity index (χ1n) is 4.59. The molecule has 0 radical (unpaired) electrons. The highest BCUT2D eigenvalue weighted by Crippen LogP contribution is 2.08. The third-order valence-corrected chi connectivity index (χ3v) is 1.79. The summed E-state index contributed by atoms with van der Waals surface area (Å²) >= 11 is 0. The molecular weight excluding hydrogens is 212 g/mol. The van der Waals surface area contributed by atoms with Crippen molar-refractivity contribution in [1.29, 1.82) is 0 Å². The molecule has 0 saturated carbocycles. The van der Waals surface area contributed by atoms with E-state index in [0.29, 0.717) is 0 Å². The number of phenols is 1. The van der Waals surface area contributed by atoms with Crippen molar-refractivity contribution in [1.82, 2.24) is 10.6 Å². The maximum Gasteiger partial charge on any atom is 0.323 e. The molecule has 0 fully saturated rings. The van der Waals surface area contributed by atoms with Crippen LogP contribution in [-0.4, -0.2) is 28.8 Å². The summed E-state index contributed by atoms with van der Waals surface area (Å²) in [6.45, 7) is -0.146. The van der Waals surface area contributed by atoms with E-state index in [1.165, 1.54) is 12.1 Å². The lowest BCUT2D eigenvalue weighted by molar-refractivity contribution is -0.135. The van der Waals surface area contributed by atoms with Gasteiger partial charge in [0.15, 0.2) is 0 Å². The SMILES string of the molecule is O=C(O)CNC(=O)NCc1ccc(O)cc1. The molecule has 1 aromatic carbocycles. The fourth-order valence-electron chi connectivity index (χ4n) is 1.01. The van der Waals surface area contributed by atoms with Crippen molar-refractivity contribution < 1.29 is 19.8 Å². The number of aromatic hydroxyl groups is 1. The molecule has 2 amide bonds. The van der Waals surface area contributed by atoms with Gasteiger partial charge in [0.05, 0.1) is 0 Å². The van der Waals surface area contributed by atoms with Gasteiger partial charge < -0.3 is 20.8 Å². The number of amides is 2. The van der Waals surface area contributed by atoms with Crippen molar-refractivity contribution in [3.05, 3.63) is 29.8 Å². The summed E-state index contributed by atoms with van der Waals surface area (Å²) in [5, 5.41) is 22.0. The van der Waals surface area contributed by atoms with Gasteiger partial charge in [-0.1, -0.05) is 12.1 Å². The average Bonchev–Trinajstić information content (AvgIpc) is 2.25. The average molecular weight is 224 g/mol. The first-order chi connectivity index (χ1) is 7.58. The molecule has 86 valence electrons. The maximum absolute atomic E-state index is 11.1. The standard InChI is InChI=1S/C10H12N2O4/c13-8-3-1-7(2-4-8)5-11-10(16)12-6-9(14)15/h1-4,13H,5-6H2,(H,14,15)(H2,11,12,16). The van der Waals surface area contributed by atoms with Crippen LogP contribution in [-0.2, 0) is 11.3 Å². The van der Waals surface area contributed by atoms with Gasteiger partial charge in [-0.15, -0.1) is 0 Å². The largest absolute Gasteiger partial charge is 0.508 e. The zero-order chi connectivity index (χ0) is 12.0. The Morgan fingerprint density at radius 2 is 1.75 bits per heavy atom. The van der Waals surface area contributed by atoms with E-state index in [0.717, 1.165) is 5.56 Å². The molecule has 0 aliphatic rings. The maximum atomic E-state index is 11.1. The second-order valence-electron chi connectivity index (χ2n) is 3.10. The zero-order valence-corrected chi connectivity index (χ0v) is 8.43. The van der Waals surface area contributed by atoms with Gasteiger partial charge in [-0.25, -0.2) is 4.79 Å². The second-order valence-corrected chi connectivity index (χ2v) is 3.10. The molecule has 0 aliphatic heterocycles. The van der Waals surface area contributed by atoms with E-state index < -0.39 is 18.5 Å². The van der Waals surface area contributed by atoms with E-state index >= 15 is 0 Å². The van der Waals surface area contributed by atoms with E-state index in [9.17, 15) is 9.59 Å². The molecule has 0 heterocycles. The molecule has 0 aliphatic carbocycles. The Balaban J connectivity index is 2.31. The predicted octanol–water partition coefficient (Wildman–Crippen LogP) is 0.276. The summed E-state index contributed by atoms with van der Waals surface area (Å²) in [5.74, 6) is -0.945. The highest BCUT2D eigenvalue weighted by Gasteiger charge is 2.02. The number of aliphatic carboxylic acids is 1. The Morgan fingerprint density at radius 3 is 2.31 bits per heavy atom. The van der Waals surface area contributed by atoms with Crippen LogP contribution < -0.4 is 10.6 Å². The molecule has 0 aromatic heterocycles. The van der Waals surface area contributed by atoms with Crippen LogP contribution in [0, 0.1) is 0 Å². The molecule has 0 atom stereocenters. The molecule has 0 unspecified atom stereocenters. The third kappa shape index (κ3) is 4.32. The number of urea groups is 1. The first-order valence-corrected chi connectivity index (χ1v) is 4.59. The minimum Gasteiger partial charge on any atom is -0.508 e. The highest BCUT2D eigenvalue weighted by molar-refractivity contribution is 5.79. The number of benzene rings is 1. The Kier molecular flexibility index (Phi) is 4.14. The second kappa shape index (κ2) is 5.59. The summed E-state index contributed by atoms with van der Waals surface area (Å²) in [6, 6.07) is 5.79. The van der Waals surface area contributed by atoms with Crippen LogP contribution >= 0.6 is 0 Å². The fourth-order valence-corrected chi connectivity index (χ4v) is 1.01. The van der Waals surface area contributed by atoms with Crippen LogP contribution in [0.25, 0.3) is 0 Å². The lowest BCUT2D eigenvalue weighted by atomic mass is 10.2. The molecule has 6 heteroatoms.